The number of phenolic OH excluding ortho intramolecular Hbond substituents is 3. The monoisotopic (exact) mass is 227 g/mol. The zero-order chi connectivity index (χ0) is 12.3. The van der Waals surface area contributed by atoms with Crippen LogP contribution in [0.5, 0.6) is 17.2 Å². The summed E-state index contributed by atoms with van der Waals surface area (Å²) in [6, 6.07) is 0.947. The number of phenols is 3. The number of carbonyl (C=O) groups is 1. The highest BCUT2D eigenvalue weighted by atomic mass is 16.5. The Bertz CT molecular complexity index is 416. The lowest BCUT2D eigenvalue weighted by Gasteiger charge is -2.09. The molecule has 0 bridgehead atoms. The van der Waals surface area contributed by atoms with E-state index in [-0.39, 0.29) is 17.9 Å². The van der Waals surface area contributed by atoms with Gasteiger partial charge >= 0.3 is 5.97 Å². The number of carbonyl (C=O) groups excluding carboxylic acids is 1. The summed E-state index contributed by atoms with van der Waals surface area (Å²) in [5.41, 5.74) is 4.90. The first-order valence-electron chi connectivity index (χ1n) is 4.69. The molecule has 6 nitrogen and oxygen atoms in total. The van der Waals surface area contributed by atoms with Gasteiger partial charge in [-0.1, -0.05) is 6.92 Å². The molecule has 0 saturated carbocycles. The Hall–Kier alpha value is -2.11. The molecule has 5 N–H and O–H groups in total. The predicted molar refractivity (Wildman–Crippen MR) is 56.4 cm³/mol. The molecular weight excluding hydrogens is 214 g/mol. The Morgan fingerprint density at radius 2 is 2.00 bits per heavy atom. The second-order valence-electron chi connectivity index (χ2n) is 3.19. The minimum Gasteiger partial charge on any atom is -0.504 e. The minimum atomic E-state index is -0.760. The molecule has 1 aromatic carbocycles. The van der Waals surface area contributed by atoms with Crippen molar-refractivity contribution in [3.8, 4) is 17.2 Å². The Balaban J connectivity index is 3.10. The van der Waals surface area contributed by atoms with Crippen LogP contribution in [0.15, 0.2) is 6.07 Å². The second-order valence-corrected chi connectivity index (χ2v) is 3.19. The summed E-state index contributed by atoms with van der Waals surface area (Å²) in [6.07, 6.45) is 0.641. The van der Waals surface area contributed by atoms with Crippen molar-refractivity contribution < 1.29 is 24.9 Å². The maximum atomic E-state index is 11.4. The maximum Gasteiger partial charge on any atom is 0.340 e. The SMILES string of the molecule is CCCOC(=O)c1cc(O)c(O)c(O)c1N. The molecule has 0 aromatic heterocycles. The maximum absolute atomic E-state index is 11.4. The molecule has 88 valence electrons. The van der Waals surface area contributed by atoms with Crippen LogP contribution in [-0.4, -0.2) is 27.9 Å². The van der Waals surface area contributed by atoms with Crippen LogP contribution in [0.1, 0.15) is 23.7 Å². The largest absolute Gasteiger partial charge is 0.504 e. The second kappa shape index (κ2) is 4.61. The average Bonchev–Trinajstić information content (AvgIpc) is 2.28. The lowest BCUT2D eigenvalue weighted by Crippen LogP contribution is -2.09. The van der Waals surface area contributed by atoms with Gasteiger partial charge in [-0.2, -0.15) is 0 Å². The number of anilines is 1. The minimum absolute atomic E-state index is 0.179. The van der Waals surface area contributed by atoms with Crippen LogP contribution >= 0.6 is 0 Å². The van der Waals surface area contributed by atoms with E-state index in [9.17, 15) is 15.0 Å². The van der Waals surface area contributed by atoms with Crippen LogP contribution in [-0.2, 0) is 4.74 Å². The molecule has 0 aliphatic heterocycles. The van der Waals surface area contributed by atoms with Crippen LogP contribution in [0.25, 0.3) is 0 Å². The quantitative estimate of drug-likeness (QED) is 0.264. The molecule has 6 heteroatoms. The van der Waals surface area contributed by atoms with E-state index in [1.165, 1.54) is 0 Å². The normalized spacial score (nSPS) is 10.1. The number of hydrogen-bond donors (Lipinski definition) is 4. The molecule has 0 spiro atoms. The molecule has 0 unspecified atom stereocenters. The van der Waals surface area contributed by atoms with E-state index in [0.717, 1.165) is 6.07 Å². The van der Waals surface area contributed by atoms with Crippen molar-refractivity contribution in [2.24, 2.45) is 0 Å². The van der Waals surface area contributed by atoms with Gasteiger partial charge in [-0.3, -0.25) is 0 Å². The molecule has 0 aliphatic rings. The van der Waals surface area contributed by atoms with Gasteiger partial charge < -0.3 is 25.8 Å². The first-order valence-corrected chi connectivity index (χ1v) is 4.69. The fourth-order valence-electron chi connectivity index (χ4n) is 1.10. The molecule has 1 aromatic rings. The van der Waals surface area contributed by atoms with Crippen LogP contribution in [0, 0.1) is 0 Å². The number of nitrogen functional groups attached to an aromatic ring is 1. The number of rotatable bonds is 3. The molecule has 1 rings (SSSR count). The van der Waals surface area contributed by atoms with Gasteiger partial charge in [0.05, 0.1) is 17.9 Å². The topological polar surface area (TPSA) is 113 Å². The number of benzene rings is 1. The molecule has 0 heterocycles. The van der Waals surface area contributed by atoms with Crippen LogP contribution < -0.4 is 5.73 Å². The predicted octanol–water partition coefficient (Wildman–Crippen LogP) is 0.952. The Morgan fingerprint density at radius 1 is 1.38 bits per heavy atom. The zero-order valence-electron chi connectivity index (χ0n) is 8.73. The molecule has 16 heavy (non-hydrogen) atoms. The summed E-state index contributed by atoms with van der Waals surface area (Å²) in [4.78, 5) is 11.4. The van der Waals surface area contributed by atoms with Gasteiger partial charge in [0.1, 0.15) is 0 Å². The lowest BCUT2D eigenvalue weighted by molar-refractivity contribution is 0.0505. The van der Waals surface area contributed by atoms with Gasteiger partial charge in [0.15, 0.2) is 11.5 Å². The summed E-state index contributed by atoms with van der Waals surface area (Å²) >= 11 is 0. The molecular formula is C10H13NO5. The zero-order valence-corrected chi connectivity index (χ0v) is 8.73. The Morgan fingerprint density at radius 3 is 2.56 bits per heavy atom. The van der Waals surface area contributed by atoms with E-state index >= 15 is 0 Å². The van der Waals surface area contributed by atoms with Crippen molar-refractivity contribution in [2.75, 3.05) is 12.3 Å². The van der Waals surface area contributed by atoms with Crippen molar-refractivity contribution >= 4 is 11.7 Å². The van der Waals surface area contributed by atoms with E-state index in [1.54, 1.807) is 0 Å². The smallest absolute Gasteiger partial charge is 0.340 e. The van der Waals surface area contributed by atoms with Crippen molar-refractivity contribution in [1.82, 2.24) is 0 Å². The Kier molecular flexibility index (Phi) is 3.44. The van der Waals surface area contributed by atoms with E-state index in [2.05, 4.69) is 0 Å². The van der Waals surface area contributed by atoms with E-state index < -0.39 is 23.2 Å². The van der Waals surface area contributed by atoms with Crippen molar-refractivity contribution in [1.29, 1.82) is 0 Å². The van der Waals surface area contributed by atoms with Gasteiger partial charge in [0.25, 0.3) is 0 Å². The Labute approximate surface area is 91.9 Å². The van der Waals surface area contributed by atoms with Crippen LogP contribution in [0.2, 0.25) is 0 Å². The van der Waals surface area contributed by atoms with Crippen molar-refractivity contribution in [3.63, 3.8) is 0 Å². The molecule has 0 atom stereocenters. The third-order valence-corrected chi connectivity index (χ3v) is 1.95. The summed E-state index contributed by atoms with van der Waals surface area (Å²) in [6.45, 7) is 2.03. The average molecular weight is 227 g/mol. The van der Waals surface area contributed by atoms with Crippen LogP contribution in [0.4, 0.5) is 5.69 Å². The first kappa shape index (κ1) is 12.0. The lowest BCUT2D eigenvalue weighted by atomic mass is 10.1. The van der Waals surface area contributed by atoms with E-state index in [1.807, 2.05) is 6.92 Å². The first-order chi connectivity index (χ1) is 7.49. The van der Waals surface area contributed by atoms with Gasteiger partial charge in [-0.05, 0) is 6.42 Å². The number of esters is 1. The summed E-state index contributed by atoms with van der Waals surface area (Å²) in [5, 5.41) is 27.6. The van der Waals surface area contributed by atoms with Gasteiger partial charge in [0, 0.05) is 6.07 Å². The molecule has 0 saturated heterocycles. The van der Waals surface area contributed by atoms with Crippen molar-refractivity contribution in [2.45, 2.75) is 13.3 Å². The number of ether oxygens (including phenoxy) is 1. The third kappa shape index (κ3) is 2.10. The highest BCUT2D eigenvalue weighted by molar-refractivity contribution is 5.98. The number of aromatic hydroxyl groups is 3. The molecule has 0 fully saturated rings. The highest BCUT2D eigenvalue weighted by Crippen LogP contribution is 2.41. The summed E-state index contributed by atoms with van der Waals surface area (Å²) in [5.74, 6) is -2.88. The fourth-order valence-corrected chi connectivity index (χ4v) is 1.10. The molecule has 0 radical (unpaired) electrons. The summed E-state index contributed by atoms with van der Waals surface area (Å²) in [7, 11) is 0. The summed E-state index contributed by atoms with van der Waals surface area (Å²) < 4.78 is 4.79. The fraction of sp³-hybridized carbons (Fsp3) is 0.300. The van der Waals surface area contributed by atoms with E-state index in [0.29, 0.717) is 6.42 Å². The number of hydrogen-bond acceptors (Lipinski definition) is 6. The van der Waals surface area contributed by atoms with E-state index in [4.69, 9.17) is 15.6 Å². The third-order valence-electron chi connectivity index (χ3n) is 1.95. The van der Waals surface area contributed by atoms with Gasteiger partial charge in [-0.25, -0.2) is 4.79 Å². The molecule has 0 amide bonds. The number of nitrogens with two attached hydrogens (primary N) is 1. The van der Waals surface area contributed by atoms with Crippen LogP contribution in [0.3, 0.4) is 0 Å². The van der Waals surface area contributed by atoms with Gasteiger partial charge in [0.2, 0.25) is 5.75 Å². The van der Waals surface area contributed by atoms with Crippen molar-refractivity contribution in [3.05, 3.63) is 11.6 Å². The standard InChI is InChI=1S/C10H13NO5/c1-2-3-16-10(15)5-4-6(12)8(13)9(14)7(5)11/h4,12-14H,2-3,11H2,1H3. The highest BCUT2D eigenvalue weighted by Gasteiger charge is 2.20. The molecule has 0 aliphatic carbocycles. The van der Waals surface area contributed by atoms with Gasteiger partial charge in [-0.15, -0.1) is 0 Å².